The van der Waals surface area contributed by atoms with Gasteiger partial charge in [-0.3, -0.25) is 4.79 Å². The zero-order valence-electron chi connectivity index (χ0n) is 20.1. The van der Waals surface area contributed by atoms with Gasteiger partial charge in [-0.25, -0.2) is 4.39 Å². The average Bonchev–Trinajstić information content (AvgIpc) is 2.92. The Balaban J connectivity index is 1.44. The van der Waals surface area contributed by atoms with E-state index in [1.54, 1.807) is 29.2 Å². The van der Waals surface area contributed by atoms with Crippen LogP contribution in [0, 0.1) is 17.1 Å². The van der Waals surface area contributed by atoms with E-state index in [0.717, 1.165) is 35.5 Å². The second kappa shape index (κ2) is 11.9. The van der Waals surface area contributed by atoms with Crippen LogP contribution in [0.15, 0.2) is 91.0 Å². The third-order valence-electron chi connectivity index (χ3n) is 6.11. The largest absolute Gasteiger partial charge is 0.489 e. The summed E-state index contributed by atoms with van der Waals surface area (Å²) in [6, 6.07) is 23.9. The summed E-state index contributed by atoms with van der Waals surface area (Å²) in [4.78, 5) is 17.1. The molecule has 6 heteroatoms. The van der Waals surface area contributed by atoms with E-state index in [-0.39, 0.29) is 17.3 Å². The van der Waals surface area contributed by atoms with Crippen LogP contribution in [0.5, 0.6) is 5.75 Å². The zero-order chi connectivity index (χ0) is 25.3. The quantitative estimate of drug-likeness (QED) is 0.246. The molecule has 0 spiro atoms. The second-order valence-corrected chi connectivity index (χ2v) is 8.56. The van der Waals surface area contributed by atoms with Gasteiger partial charge in [0.2, 0.25) is 0 Å². The first-order chi connectivity index (χ1) is 17.6. The topological polar surface area (TPSA) is 56.6 Å². The number of para-hydroxylation sites is 1. The molecule has 1 amide bonds. The summed E-state index contributed by atoms with van der Waals surface area (Å²) in [6.07, 6.45) is 3.97. The van der Waals surface area contributed by atoms with Gasteiger partial charge in [-0.05, 0) is 65.6 Å². The number of rotatable bonds is 8. The first-order valence-electron chi connectivity index (χ1n) is 11.9. The molecule has 0 atom stereocenters. The van der Waals surface area contributed by atoms with Crippen molar-refractivity contribution in [1.82, 2.24) is 4.90 Å². The molecule has 36 heavy (non-hydrogen) atoms. The van der Waals surface area contributed by atoms with Gasteiger partial charge in [-0.15, -0.1) is 6.58 Å². The molecule has 3 aromatic carbocycles. The molecular weight excluding hydrogens is 453 g/mol. The molecule has 1 aliphatic rings. The van der Waals surface area contributed by atoms with Crippen molar-refractivity contribution < 1.29 is 13.9 Å². The van der Waals surface area contributed by atoms with Crippen molar-refractivity contribution in [2.24, 2.45) is 0 Å². The monoisotopic (exact) mass is 481 g/mol. The zero-order valence-corrected chi connectivity index (χ0v) is 20.1. The fourth-order valence-electron chi connectivity index (χ4n) is 4.17. The van der Waals surface area contributed by atoms with Gasteiger partial charge in [0.25, 0.3) is 5.91 Å². The molecule has 5 nitrogen and oxygen atoms in total. The van der Waals surface area contributed by atoms with Crippen molar-refractivity contribution in [2.45, 2.75) is 13.0 Å². The molecule has 0 aliphatic carbocycles. The first kappa shape index (κ1) is 24.7. The van der Waals surface area contributed by atoms with Crippen molar-refractivity contribution in [3.8, 4) is 11.8 Å². The molecule has 0 radical (unpaired) electrons. The van der Waals surface area contributed by atoms with E-state index in [0.29, 0.717) is 31.9 Å². The van der Waals surface area contributed by atoms with Gasteiger partial charge in [-0.1, -0.05) is 42.5 Å². The lowest BCUT2D eigenvalue weighted by Crippen LogP contribution is -2.49. The molecule has 1 heterocycles. The fraction of sp³-hybridized carbons (Fsp3) is 0.200. The van der Waals surface area contributed by atoms with Crippen LogP contribution in [-0.2, 0) is 17.8 Å². The predicted molar refractivity (Wildman–Crippen MR) is 140 cm³/mol. The molecule has 0 aromatic heterocycles. The van der Waals surface area contributed by atoms with E-state index >= 15 is 0 Å². The molecule has 182 valence electrons. The van der Waals surface area contributed by atoms with Crippen molar-refractivity contribution in [3.05, 3.63) is 114 Å². The summed E-state index contributed by atoms with van der Waals surface area (Å²) in [5.74, 6) is 0.133. The fourth-order valence-corrected chi connectivity index (χ4v) is 4.17. The average molecular weight is 482 g/mol. The number of ether oxygens (including phenoxy) is 1. The summed E-state index contributed by atoms with van der Waals surface area (Å²) in [7, 11) is 0. The number of amides is 1. The van der Waals surface area contributed by atoms with Crippen LogP contribution in [-0.4, -0.2) is 37.0 Å². The summed E-state index contributed by atoms with van der Waals surface area (Å²) < 4.78 is 19.1. The highest BCUT2D eigenvalue weighted by atomic mass is 19.1. The van der Waals surface area contributed by atoms with Gasteiger partial charge < -0.3 is 14.5 Å². The smallest absolute Gasteiger partial charge is 0.264 e. The van der Waals surface area contributed by atoms with Crippen LogP contribution in [0.25, 0.3) is 6.08 Å². The standard InChI is InChI=1S/C30H28FN3O2/c1-2-6-25-19-24(11-14-29(25)36-22-23-9-12-27(31)13-10-23)20-26(21-32)30(35)34-17-15-33(16-18-34)28-7-4-3-5-8-28/h2-5,7-14,19-20H,1,6,15-18,22H2/b26-20-. The van der Waals surface area contributed by atoms with Crippen LogP contribution in [0.3, 0.4) is 0 Å². The van der Waals surface area contributed by atoms with Crippen LogP contribution < -0.4 is 9.64 Å². The van der Waals surface area contributed by atoms with E-state index < -0.39 is 0 Å². The van der Waals surface area contributed by atoms with Crippen LogP contribution in [0.1, 0.15) is 16.7 Å². The lowest BCUT2D eigenvalue weighted by molar-refractivity contribution is -0.126. The minimum Gasteiger partial charge on any atom is -0.489 e. The summed E-state index contributed by atoms with van der Waals surface area (Å²) >= 11 is 0. The maximum Gasteiger partial charge on any atom is 0.264 e. The predicted octanol–water partition coefficient (Wildman–Crippen LogP) is 5.39. The number of nitriles is 1. The number of hydrogen-bond donors (Lipinski definition) is 0. The highest BCUT2D eigenvalue weighted by molar-refractivity contribution is 6.01. The maximum atomic E-state index is 13.1. The Bertz CT molecular complexity index is 1270. The van der Waals surface area contributed by atoms with Gasteiger partial charge in [-0.2, -0.15) is 5.26 Å². The molecule has 4 rings (SSSR count). The van der Waals surface area contributed by atoms with Crippen molar-refractivity contribution in [1.29, 1.82) is 5.26 Å². The van der Waals surface area contributed by atoms with Gasteiger partial charge in [0.15, 0.2) is 0 Å². The highest BCUT2D eigenvalue weighted by Gasteiger charge is 2.24. The van der Waals surface area contributed by atoms with Crippen LogP contribution in [0.4, 0.5) is 10.1 Å². The Morgan fingerprint density at radius 1 is 1.03 bits per heavy atom. The molecule has 0 saturated carbocycles. The lowest BCUT2D eigenvalue weighted by atomic mass is 10.0. The van der Waals surface area contributed by atoms with Gasteiger partial charge in [0.1, 0.15) is 29.8 Å². The first-order valence-corrected chi connectivity index (χ1v) is 11.9. The van der Waals surface area contributed by atoms with Crippen molar-refractivity contribution in [3.63, 3.8) is 0 Å². The van der Waals surface area contributed by atoms with Gasteiger partial charge in [0.05, 0.1) is 0 Å². The van der Waals surface area contributed by atoms with Crippen LogP contribution in [0.2, 0.25) is 0 Å². The van der Waals surface area contributed by atoms with Crippen molar-refractivity contribution in [2.75, 3.05) is 31.1 Å². The third kappa shape index (κ3) is 6.19. The molecule has 0 unspecified atom stereocenters. The summed E-state index contributed by atoms with van der Waals surface area (Å²) in [6.45, 7) is 6.68. The number of allylic oxidation sites excluding steroid dienone is 1. The minimum absolute atomic E-state index is 0.104. The second-order valence-electron chi connectivity index (χ2n) is 8.56. The number of anilines is 1. The Hall–Kier alpha value is -4.37. The SMILES string of the molecule is C=CCc1cc(/C=C(/C#N)C(=O)N2CCN(c3ccccc3)CC2)ccc1OCc1ccc(F)cc1. The van der Waals surface area contributed by atoms with Crippen molar-refractivity contribution >= 4 is 17.7 Å². The Morgan fingerprint density at radius 2 is 1.75 bits per heavy atom. The van der Waals surface area contributed by atoms with E-state index in [2.05, 4.69) is 29.7 Å². The van der Waals surface area contributed by atoms with E-state index in [1.165, 1.54) is 12.1 Å². The normalized spacial score (nSPS) is 13.7. The van der Waals surface area contributed by atoms with E-state index in [9.17, 15) is 14.4 Å². The molecular formula is C30H28FN3O2. The molecule has 0 bridgehead atoms. The molecule has 0 N–H and O–H groups in total. The number of piperazine rings is 1. The summed E-state index contributed by atoms with van der Waals surface area (Å²) in [5, 5.41) is 9.73. The number of benzene rings is 3. The maximum absolute atomic E-state index is 13.1. The number of hydrogen-bond acceptors (Lipinski definition) is 4. The number of halogens is 1. The minimum atomic E-state index is -0.289. The Morgan fingerprint density at radius 3 is 2.42 bits per heavy atom. The molecule has 1 fully saturated rings. The number of nitrogens with zero attached hydrogens (tertiary/aromatic N) is 3. The lowest BCUT2D eigenvalue weighted by Gasteiger charge is -2.36. The van der Waals surface area contributed by atoms with Gasteiger partial charge in [0, 0.05) is 31.9 Å². The van der Waals surface area contributed by atoms with E-state index in [1.807, 2.05) is 36.4 Å². The Kier molecular flexibility index (Phi) is 8.15. The van der Waals surface area contributed by atoms with E-state index in [4.69, 9.17) is 4.74 Å². The molecule has 1 saturated heterocycles. The third-order valence-corrected chi connectivity index (χ3v) is 6.11. The highest BCUT2D eigenvalue weighted by Crippen LogP contribution is 2.24. The molecule has 1 aliphatic heterocycles. The van der Waals surface area contributed by atoms with Gasteiger partial charge >= 0.3 is 0 Å². The molecule has 3 aromatic rings. The number of carbonyl (C=O) groups is 1. The van der Waals surface area contributed by atoms with Crippen LogP contribution >= 0.6 is 0 Å². The Labute approximate surface area is 211 Å². The number of carbonyl (C=O) groups excluding carboxylic acids is 1. The summed E-state index contributed by atoms with van der Waals surface area (Å²) in [5.41, 5.74) is 3.73.